The Balaban J connectivity index is 2.05. The molecule has 0 radical (unpaired) electrons. The molecule has 0 amide bonds. The van der Waals surface area contributed by atoms with E-state index in [1.54, 1.807) is 0 Å². The number of piperidine rings is 1. The summed E-state index contributed by atoms with van der Waals surface area (Å²) in [4.78, 5) is 2.74. The molecule has 0 bridgehead atoms. The molecule has 0 spiro atoms. The molecule has 1 aliphatic heterocycles. The molecule has 2 unspecified atom stereocenters. The monoisotopic (exact) mass is 288 g/mol. The quantitative estimate of drug-likeness (QED) is 0.804. The lowest BCUT2D eigenvalue weighted by molar-refractivity contribution is 0.125. The van der Waals surface area contributed by atoms with Crippen LogP contribution < -0.4 is 5.32 Å². The van der Waals surface area contributed by atoms with E-state index in [2.05, 4.69) is 55.3 Å². The third kappa shape index (κ3) is 4.82. The SMILES string of the molecule is CCCC1CCCCN1CC(NCC)c1ccc(C)cc1. The molecular weight excluding hydrogens is 256 g/mol. The maximum absolute atomic E-state index is 3.69. The molecule has 118 valence electrons. The van der Waals surface area contributed by atoms with Crippen LogP contribution in [0, 0.1) is 6.92 Å². The number of benzene rings is 1. The predicted molar refractivity (Wildman–Crippen MR) is 91.7 cm³/mol. The van der Waals surface area contributed by atoms with Gasteiger partial charge in [0.2, 0.25) is 0 Å². The van der Waals surface area contributed by atoms with Gasteiger partial charge in [0.25, 0.3) is 0 Å². The number of rotatable bonds is 7. The van der Waals surface area contributed by atoms with Crippen molar-refractivity contribution in [1.82, 2.24) is 10.2 Å². The second kappa shape index (κ2) is 8.55. The van der Waals surface area contributed by atoms with Crippen LogP contribution in [0.3, 0.4) is 0 Å². The molecule has 1 saturated heterocycles. The first-order valence-corrected chi connectivity index (χ1v) is 8.78. The minimum Gasteiger partial charge on any atom is -0.309 e. The zero-order chi connectivity index (χ0) is 15.1. The Hall–Kier alpha value is -0.860. The molecule has 2 atom stereocenters. The van der Waals surface area contributed by atoms with Crippen LogP contribution in [0.1, 0.15) is 63.1 Å². The molecule has 0 aromatic heterocycles. The minimum atomic E-state index is 0.466. The van der Waals surface area contributed by atoms with Crippen molar-refractivity contribution in [3.63, 3.8) is 0 Å². The Labute approximate surface area is 130 Å². The third-order valence-electron chi connectivity index (χ3n) is 4.72. The summed E-state index contributed by atoms with van der Waals surface area (Å²) in [5.41, 5.74) is 2.78. The highest BCUT2D eigenvalue weighted by Gasteiger charge is 2.24. The van der Waals surface area contributed by atoms with Gasteiger partial charge in [-0.3, -0.25) is 4.90 Å². The van der Waals surface area contributed by atoms with E-state index < -0.39 is 0 Å². The first kappa shape index (κ1) is 16.5. The van der Waals surface area contributed by atoms with E-state index in [9.17, 15) is 0 Å². The highest BCUT2D eigenvalue weighted by molar-refractivity contribution is 5.24. The summed E-state index contributed by atoms with van der Waals surface area (Å²) in [7, 11) is 0. The fourth-order valence-corrected chi connectivity index (χ4v) is 3.53. The zero-order valence-electron chi connectivity index (χ0n) is 14.1. The van der Waals surface area contributed by atoms with Gasteiger partial charge < -0.3 is 5.32 Å². The van der Waals surface area contributed by atoms with Crippen LogP contribution in [-0.4, -0.2) is 30.6 Å². The van der Waals surface area contributed by atoms with Gasteiger partial charge in [-0.15, -0.1) is 0 Å². The first-order chi connectivity index (χ1) is 10.2. The Kier molecular flexibility index (Phi) is 6.72. The van der Waals surface area contributed by atoms with Gasteiger partial charge in [-0.25, -0.2) is 0 Å². The lowest BCUT2D eigenvalue weighted by atomic mass is 9.96. The van der Waals surface area contributed by atoms with Crippen LogP contribution in [0.5, 0.6) is 0 Å². The summed E-state index contributed by atoms with van der Waals surface area (Å²) in [5.74, 6) is 0. The van der Waals surface area contributed by atoms with Crippen molar-refractivity contribution in [3.05, 3.63) is 35.4 Å². The van der Waals surface area contributed by atoms with Gasteiger partial charge >= 0.3 is 0 Å². The van der Waals surface area contributed by atoms with Crippen LogP contribution in [0.15, 0.2) is 24.3 Å². The summed E-state index contributed by atoms with van der Waals surface area (Å²) >= 11 is 0. The van der Waals surface area contributed by atoms with E-state index in [1.807, 2.05) is 0 Å². The number of likely N-dealkylation sites (tertiary alicyclic amines) is 1. The van der Waals surface area contributed by atoms with E-state index in [4.69, 9.17) is 0 Å². The zero-order valence-corrected chi connectivity index (χ0v) is 14.1. The van der Waals surface area contributed by atoms with Crippen molar-refractivity contribution >= 4 is 0 Å². The van der Waals surface area contributed by atoms with Crippen LogP contribution in [0.2, 0.25) is 0 Å². The molecule has 2 heteroatoms. The van der Waals surface area contributed by atoms with E-state index in [1.165, 1.54) is 49.8 Å². The van der Waals surface area contributed by atoms with E-state index in [0.717, 1.165) is 19.1 Å². The summed E-state index contributed by atoms with van der Waals surface area (Å²) < 4.78 is 0. The van der Waals surface area contributed by atoms with Gasteiger partial charge in [0.05, 0.1) is 0 Å². The lowest BCUT2D eigenvalue weighted by Crippen LogP contribution is -2.44. The molecule has 1 fully saturated rings. The second-order valence-electron chi connectivity index (χ2n) is 6.45. The molecule has 2 nitrogen and oxygen atoms in total. The number of likely N-dealkylation sites (N-methyl/N-ethyl adjacent to an activating group) is 1. The summed E-state index contributed by atoms with van der Waals surface area (Å²) in [5, 5.41) is 3.69. The van der Waals surface area contributed by atoms with Crippen molar-refractivity contribution in [2.45, 2.75) is 65.0 Å². The van der Waals surface area contributed by atoms with Gasteiger partial charge in [0, 0.05) is 18.6 Å². The predicted octanol–water partition coefficient (Wildman–Crippen LogP) is 4.30. The van der Waals surface area contributed by atoms with E-state index >= 15 is 0 Å². The average molecular weight is 288 g/mol. The normalized spacial score (nSPS) is 21.4. The second-order valence-corrected chi connectivity index (χ2v) is 6.45. The van der Waals surface area contributed by atoms with E-state index in [-0.39, 0.29) is 0 Å². The molecule has 2 rings (SSSR count). The Bertz CT molecular complexity index is 397. The van der Waals surface area contributed by atoms with Gasteiger partial charge in [-0.1, -0.05) is 56.5 Å². The van der Waals surface area contributed by atoms with Gasteiger partial charge in [-0.05, 0) is 44.8 Å². The number of hydrogen-bond acceptors (Lipinski definition) is 2. The van der Waals surface area contributed by atoms with Gasteiger partial charge in [0.1, 0.15) is 0 Å². The maximum Gasteiger partial charge on any atom is 0.0449 e. The fraction of sp³-hybridized carbons (Fsp3) is 0.684. The maximum atomic E-state index is 3.69. The molecule has 1 N–H and O–H groups in total. The molecule has 0 saturated carbocycles. The van der Waals surface area contributed by atoms with Crippen LogP contribution in [-0.2, 0) is 0 Å². The van der Waals surface area contributed by atoms with Crippen molar-refractivity contribution in [2.24, 2.45) is 0 Å². The Morgan fingerprint density at radius 3 is 2.62 bits per heavy atom. The standard InChI is InChI=1S/C19H32N2/c1-4-8-18-9-6-7-14-21(18)15-19(20-5-2)17-12-10-16(3)11-13-17/h10-13,18-20H,4-9,14-15H2,1-3H3. The molecule has 1 aliphatic rings. The van der Waals surface area contributed by atoms with Gasteiger partial charge in [-0.2, -0.15) is 0 Å². The lowest BCUT2D eigenvalue weighted by Gasteiger charge is -2.38. The van der Waals surface area contributed by atoms with Crippen molar-refractivity contribution in [3.8, 4) is 0 Å². The fourth-order valence-electron chi connectivity index (χ4n) is 3.53. The first-order valence-electron chi connectivity index (χ1n) is 8.78. The highest BCUT2D eigenvalue weighted by Crippen LogP contribution is 2.24. The molecule has 1 heterocycles. The third-order valence-corrected chi connectivity index (χ3v) is 4.72. The van der Waals surface area contributed by atoms with Crippen molar-refractivity contribution in [1.29, 1.82) is 0 Å². The Morgan fingerprint density at radius 1 is 1.19 bits per heavy atom. The highest BCUT2D eigenvalue weighted by atomic mass is 15.2. The summed E-state index contributed by atoms with van der Waals surface area (Å²) in [6.45, 7) is 10.1. The van der Waals surface area contributed by atoms with Crippen LogP contribution in [0.4, 0.5) is 0 Å². The number of nitrogens with zero attached hydrogens (tertiary/aromatic N) is 1. The number of hydrogen-bond donors (Lipinski definition) is 1. The molecule has 0 aliphatic carbocycles. The van der Waals surface area contributed by atoms with Crippen molar-refractivity contribution in [2.75, 3.05) is 19.6 Å². The van der Waals surface area contributed by atoms with Gasteiger partial charge in [0.15, 0.2) is 0 Å². The van der Waals surface area contributed by atoms with Crippen molar-refractivity contribution < 1.29 is 0 Å². The molecule has 1 aromatic carbocycles. The minimum absolute atomic E-state index is 0.466. The van der Waals surface area contributed by atoms with Crippen LogP contribution >= 0.6 is 0 Å². The summed E-state index contributed by atoms with van der Waals surface area (Å²) in [6.07, 6.45) is 6.83. The Morgan fingerprint density at radius 2 is 1.95 bits per heavy atom. The van der Waals surface area contributed by atoms with E-state index in [0.29, 0.717) is 6.04 Å². The largest absolute Gasteiger partial charge is 0.309 e. The summed E-state index contributed by atoms with van der Waals surface area (Å²) in [6, 6.07) is 10.3. The smallest absolute Gasteiger partial charge is 0.0449 e. The molecular formula is C19H32N2. The molecule has 1 aromatic rings. The molecule has 21 heavy (non-hydrogen) atoms. The number of nitrogens with one attached hydrogen (secondary N) is 1. The number of aryl methyl sites for hydroxylation is 1. The topological polar surface area (TPSA) is 15.3 Å². The van der Waals surface area contributed by atoms with Crippen LogP contribution in [0.25, 0.3) is 0 Å². The average Bonchev–Trinajstić information content (AvgIpc) is 2.50.